The number of nitrogens with zero attached hydrogens (tertiary/aromatic N) is 1. The molecule has 1 aliphatic carbocycles. The van der Waals surface area contributed by atoms with Gasteiger partial charge in [0.05, 0.1) is 21.3 Å². The normalized spacial score (nSPS) is 18.3. The Kier molecular flexibility index (Phi) is 2.20. The van der Waals surface area contributed by atoms with Crippen LogP contribution in [0.2, 0.25) is 5.02 Å². The molecule has 1 aliphatic rings. The van der Waals surface area contributed by atoms with Crippen LogP contribution in [0.5, 0.6) is 0 Å². The highest BCUT2D eigenvalue weighted by atomic mass is 35.5. The largest absolute Gasteiger partial charge is 0.322 e. The van der Waals surface area contributed by atoms with E-state index in [1.807, 2.05) is 18.2 Å². The van der Waals surface area contributed by atoms with Gasteiger partial charge in [0.25, 0.3) is 0 Å². The standard InChI is InChI=1S/C11H11ClN2S/c12-7-2-1-3-8-10(7)15-11(14-8)9(13)6-4-5-6/h1-3,6,9H,4-5,13H2. The van der Waals surface area contributed by atoms with Crippen LogP contribution in [-0.2, 0) is 0 Å². The van der Waals surface area contributed by atoms with Crippen molar-refractivity contribution in [3.8, 4) is 0 Å². The molecule has 1 aromatic heterocycles. The highest BCUT2D eigenvalue weighted by molar-refractivity contribution is 7.19. The Hall–Kier alpha value is -0.640. The summed E-state index contributed by atoms with van der Waals surface area (Å²) in [7, 11) is 0. The maximum Gasteiger partial charge on any atom is 0.111 e. The lowest BCUT2D eigenvalue weighted by molar-refractivity contribution is 0.630. The molecule has 0 saturated heterocycles. The summed E-state index contributed by atoms with van der Waals surface area (Å²) in [5.74, 6) is 0.643. The predicted molar refractivity (Wildman–Crippen MR) is 64.3 cm³/mol. The number of hydrogen-bond donors (Lipinski definition) is 1. The summed E-state index contributed by atoms with van der Waals surface area (Å²) in [5, 5.41) is 1.81. The molecule has 4 heteroatoms. The molecule has 1 saturated carbocycles. The van der Waals surface area contributed by atoms with E-state index in [1.165, 1.54) is 12.8 Å². The van der Waals surface area contributed by atoms with Crippen LogP contribution >= 0.6 is 22.9 Å². The summed E-state index contributed by atoms with van der Waals surface area (Å²) in [6.07, 6.45) is 2.48. The van der Waals surface area contributed by atoms with Crippen LogP contribution in [0.3, 0.4) is 0 Å². The Morgan fingerprint density at radius 1 is 1.47 bits per heavy atom. The van der Waals surface area contributed by atoms with Crippen LogP contribution in [0, 0.1) is 5.92 Å². The minimum absolute atomic E-state index is 0.110. The number of fused-ring (bicyclic) bond motifs is 1. The Bertz CT molecular complexity index is 504. The number of thiazole rings is 1. The fraction of sp³-hybridized carbons (Fsp3) is 0.364. The van der Waals surface area contributed by atoms with Crippen LogP contribution < -0.4 is 5.73 Å². The smallest absolute Gasteiger partial charge is 0.111 e. The molecule has 0 aliphatic heterocycles. The fourth-order valence-corrected chi connectivity index (χ4v) is 3.08. The van der Waals surface area contributed by atoms with Gasteiger partial charge in [0, 0.05) is 0 Å². The summed E-state index contributed by atoms with van der Waals surface area (Å²) >= 11 is 7.73. The van der Waals surface area contributed by atoms with Gasteiger partial charge in [-0.25, -0.2) is 4.98 Å². The van der Waals surface area contributed by atoms with E-state index in [0.29, 0.717) is 5.92 Å². The fourth-order valence-electron chi connectivity index (χ4n) is 1.73. The third-order valence-electron chi connectivity index (χ3n) is 2.80. The van der Waals surface area contributed by atoms with E-state index in [9.17, 15) is 0 Å². The third-order valence-corrected chi connectivity index (χ3v) is 4.43. The van der Waals surface area contributed by atoms with E-state index in [0.717, 1.165) is 20.2 Å². The maximum atomic E-state index is 6.12. The van der Waals surface area contributed by atoms with Crippen LogP contribution in [0.15, 0.2) is 18.2 Å². The molecule has 0 spiro atoms. The Balaban J connectivity index is 2.09. The van der Waals surface area contributed by atoms with E-state index in [1.54, 1.807) is 11.3 Å². The Morgan fingerprint density at radius 2 is 2.27 bits per heavy atom. The molecule has 1 unspecified atom stereocenters. The molecule has 1 atom stereocenters. The average Bonchev–Trinajstić information content (AvgIpc) is 2.97. The summed E-state index contributed by atoms with van der Waals surface area (Å²) in [4.78, 5) is 4.54. The molecule has 1 fully saturated rings. The minimum atomic E-state index is 0.110. The van der Waals surface area contributed by atoms with Crippen LogP contribution in [0.4, 0.5) is 0 Å². The SMILES string of the molecule is NC(c1nc2cccc(Cl)c2s1)C1CC1. The van der Waals surface area contributed by atoms with E-state index >= 15 is 0 Å². The van der Waals surface area contributed by atoms with Gasteiger partial charge in [-0.1, -0.05) is 17.7 Å². The molecule has 0 radical (unpaired) electrons. The number of nitrogens with two attached hydrogens (primary N) is 1. The number of hydrogen-bond acceptors (Lipinski definition) is 3. The van der Waals surface area contributed by atoms with Crippen molar-refractivity contribution in [3.05, 3.63) is 28.2 Å². The number of benzene rings is 1. The zero-order chi connectivity index (χ0) is 10.4. The molecular formula is C11H11ClN2S. The van der Waals surface area contributed by atoms with Crippen LogP contribution in [-0.4, -0.2) is 4.98 Å². The lowest BCUT2D eigenvalue weighted by atomic mass is 10.2. The van der Waals surface area contributed by atoms with Gasteiger partial charge in [0.1, 0.15) is 5.01 Å². The van der Waals surface area contributed by atoms with Crippen molar-refractivity contribution in [3.63, 3.8) is 0 Å². The van der Waals surface area contributed by atoms with Gasteiger partial charge >= 0.3 is 0 Å². The van der Waals surface area contributed by atoms with Gasteiger partial charge in [0.15, 0.2) is 0 Å². The molecule has 15 heavy (non-hydrogen) atoms. The van der Waals surface area contributed by atoms with Crippen molar-refractivity contribution < 1.29 is 0 Å². The van der Waals surface area contributed by atoms with E-state index in [-0.39, 0.29) is 6.04 Å². The second-order valence-electron chi connectivity index (χ2n) is 4.00. The van der Waals surface area contributed by atoms with Gasteiger partial charge in [-0.05, 0) is 30.9 Å². The monoisotopic (exact) mass is 238 g/mol. The quantitative estimate of drug-likeness (QED) is 0.872. The van der Waals surface area contributed by atoms with Crippen molar-refractivity contribution in [1.82, 2.24) is 4.98 Å². The summed E-state index contributed by atoms with van der Waals surface area (Å²) in [6, 6.07) is 5.92. The molecule has 0 amide bonds. The first-order valence-corrected chi connectivity index (χ1v) is 6.25. The minimum Gasteiger partial charge on any atom is -0.322 e. The van der Waals surface area contributed by atoms with Crippen molar-refractivity contribution in [2.24, 2.45) is 11.7 Å². The first-order chi connectivity index (χ1) is 7.25. The van der Waals surface area contributed by atoms with Crippen LogP contribution in [0.25, 0.3) is 10.2 Å². The van der Waals surface area contributed by atoms with Crippen molar-refractivity contribution >= 4 is 33.2 Å². The first-order valence-electron chi connectivity index (χ1n) is 5.06. The first kappa shape index (κ1) is 9.58. The number of halogens is 1. The van der Waals surface area contributed by atoms with Crippen molar-refractivity contribution in [2.45, 2.75) is 18.9 Å². The second kappa shape index (κ2) is 3.44. The lowest BCUT2D eigenvalue weighted by Crippen LogP contribution is -2.11. The van der Waals surface area contributed by atoms with Gasteiger partial charge in [0.2, 0.25) is 0 Å². The highest BCUT2D eigenvalue weighted by Gasteiger charge is 2.31. The summed E-state index contributed by atoms with van der Waals surface area (Å²) in [6.45, 7) is 0. The molecular weight excluding hydrogens is 228 g/mol. The van der Waals surface area contributed by atoms with E-state index in [4.69, 9.17) is 17.3 Å². The molecule has 1 heterocycles. The average molecular weight is 239 g/mol. The Labute approximate surface area is 97.1 Å². The van der Waals surface area contributed by atoms with Crippen molar-refractivity contribution in [1.29, 1.82) is 0 Å². The van der Waals surface area contributed by atoms with Gasteiger partial charge in [-0.15, -0.1) is 11.3 Å². The molecule has 1 aromatic carbocycles. The van der Waals surface area contributed by atoms with Crippen molar-refractivity contribution in [2.75, 3.05) is 0 Å². The topological polar surface area (TPSA) is 38.9 Å². The van der Waals surface area contributed by atoms with Gasteiger partial charge < -0.3 is 5.73 Å². The third kappa shape index (κ3) is 1.65. The summed E-state index contributed by atoms with van der Waals surface area (Å²) in [5.41, 5.74) is 7.09. The number of aromatic nitrogens is 1. The summed E-state index contributed by atoms with van der Waals surface area (Å²) < 4.78 is 1.06. The molecule has 78 valence electrons. The second-order valence-corrected chi connectivity index (χ2v) is 5.44. The molecule has 2 aromatic rings. The highest BCUT2D eigenvalue weighted by Crippen LogP contribution is 2.42. The lowest BCUT2D eigenvalue weighted by Gasteiger charge is -2.03. The predicted octanol–water partition coefficient (Wildman–Crippen LogP) is 3.36. The van der Waals surface area contributed by atoms with Gasteiger partial charge in [-0.2, -0.15) is 0 Å². The van der Waals surface area contributed by atoms with E-state index < -0.39 is 0 Å². The number of rotatable bonds is 2. The zero-order valence-corrected chi connectivity index (χ0v) is 9.68. The molecule has 0 bridgehead atoms. The maximum absolute atomic E-state index is 6.12. The van der Waals surface area contributed by atoms with Crippen LogP contribution in [0.1, 0.15) is 23.9 Å². The zero-order valence-electron chi connectivity index (χ0n) is 8.11. The van der Waals surface area contributed by atoms with Gasteiger partial charge in [-0.3, -0.25) is 0 Å². The molecule has 2 nitrogen and oxygen atoms in total. The Morgan fingerprint density at radius 3 is 2.93 bits per heavy atom. The van der Waals surface area contributed by atoms with E-state index in [2.05, 4.69) is 4.98 Å². The molecule has 2 N–H and O–H groups in total. The molecule has 3 rings (SSSR count).